The highest BCUT2D eigenvalue weighted by molar-refractivity contribution is 5.93. The summed E-state index contributed by atoms with van der Waals surface area (Å²) in [5.41, 5.74) is -0.956. The van der Waals surface area contributed by atoms with Gasteiger partial charge >= 0.3 is 6.18 Å². The molecule has 194 valence electrons. The number of hydrogen-bond acceptors (Lipinski definition) is 5. The number of ether oxygens (including phenoxy) is 2. The molecule has 1 aliphatic rings. The largest absolute Gasteiger partial charge is 0.508 e. The van der Waals surface area contributed by atoms with Gasteiger partial charge in [-0.1, -0.05) is 0 Å². The van der Waals surface area contributed by atoms with Gasteiger partial charge in [-0.15, -0.1) is 0 Å². The zero-order valence-electron chi connectivity index (χ0n) is 20.4. The Morgan fingerprint density at radius 3 is 2.49 bits per heavy atom. The number of halogens is 4. The van der Waals surface area contributed by atoms with Gasteiger partial charge in [0, 0.05) is 23.1 Å². The maximum atomic E-state index is 14.3. The highest BCUT2D eigenvalue weighted by atomic mass is 19.4. The highest BCUT2D eigenvalue weighted by Gasteiger charge is 2.68. The summed E-state index contributed by atoms with van der Waals surface area (Å²) in [7, 11) is 1.37. The van der Waals surface area contributed by atoms with Crippen molar-refractivity contribution < 1.29 is 32.1 Å². The minimum atomic E-state index is -4.68. The van der Waals surface area contributed by atoms with Crippen molar-refractivity contribution in [2.24, 2.45) is 0 Å². The number of benzene rings is 3. The number of methoxy groups -OCH3 is 1. The van der Waals surface area contributed by atoms with Crippen LogP contribution in [-0.4, -0.2) is 40.3 Å². The van der Waals surface area contributed by atoms with Crippen LogP contribution in [0.15, 0.2) is 60.8 Å². The number of alkyl halides is 3. The van der Waals surface area contributed by atoms with E-state index in [1.54, 1.807) is 29.1 Å². The zero-order valence-corrected chi connectivity index (χ0v) is 20.4. The number of nitrogens with zero attached hydrogens (tertiary/aromatic N) is 2. The van der Waals surface area contributed by atoms with Gasteiger partial charge in [-0.25, -0.2) is 9.07 Å². The van der Waals surface area contributed by atoms with Crippen LogP contribution < -0.4 is 10.1 Å². The molecule has 0 aliphatic carbocycles. The van der Waals surface area contributed by atoms with E-state index in [2.05, 4.69) is 10.4 Å². The third-order valence-electron chi connectivity index (χ3n) is 6.78. The number of nitrogens with one attached hydrogen (secondary N) is 1. The second kappa shape index (κ2) is 8.65. The Morgan fingerprint density at radius 2 is 1.84 bits per heavy atom. The Balaban J connectivity index is 1.45. The molecular formula is C27H25F4N3O3. The van der Waals surface area contributed by atoms with E-state index in [1.165, 1.54) is 38.3 Å². The maximum absolute atomic E-state index is 14.3. The van der Waals surface area contributed by atoms with Crippen LogP contribution in [0.1, 0.15) is 24.5 Å². The Morgan fingerprint density at radius 1 is 1.14 bits per heavy atom. The summed E-state index contributed by atoms with van der Waals surface area (Å²) in [6.07, 6.45) is -3.52. The van der Waals surface area contributed by atoms with Crippen molar-refractivity contribution >= 4 is 16.6 Å². The summed E-state index contributed by atoms with van der Waals surface area (Å²) in [5.74, 6) is -0.217. The topological polar surface area (TPSA) is 68.5 Å². The van der Waals surface area contributed by atoms with Crippen molar-refractivity contribution in [1.29, 1.82) is 0 Å². The van der Waals surface area contributed by atoms with E-state index in [4.69, 9.17) is 9.47 Å². The standard InChI is InChI=1S/C27H25F4N3O3/c1-16-10-22(20-13-33-34(23(20)11-16)18-5-7-19(35)8-6-18)32-15-26(27(29,30)31)14-25(2,37-26)21-12-17(28)4-9-24(21)36-3/h4-13,32,35H,14-15H2,1-3H3. The molecule has 0 amide bonds. The van der Waals surface area contributed by atoms with Crippen molar-refractivity contribution in [1.82, 2.24) is 9.78 Å². The average molecular weight is 516 g/mol. The number of fused-ring (bicyclic) bond motifs is 1. The number of rotatable bonds is 6. The third-order valence-corrected chi connectivity index (χ3v) is 6.78. The normalized spacial score (nSPS) is 21.6. The van der Waals surface area contributed by atoms with Crippen molar-refractivity contribution in [3.05, 3.63) is 77.7 Å². The van der Waals surface area contributed by atoms with Gasteiger partial charge in [0.1, 0.15) is 17.3 Å². The van der Waals surface area contributed by atoms with E-state index in [9.17, 15) is 22.7 Å². The second-order valence-corrected chi connectivity index (χ2v) is 9.52. The van der Waals surface area contributed by atoms with Crippen LogP contribution in [0.5, 0.6) is 11.5 Å². The van der Waals surface area contributed by atoms with Crippen LogP contribution in [0.25, 0.3) is 16.6 Å². The first-order valence-corrected chi connectivity index (χ1v) is 11.6. The molecule has 0 saturated carbocycles. The molecular weight excluding hydrogens is 490 g/mol. The Hall–Kier alpha value is -3.79. The molecule has 1 aromatic heterocycles. The first-order chi connectivity index (χ1) is 17.4. The first-order valence-electron chi connectivity index (χ1n) is 11.6. The summed E-state index contributed by atoms with van der Waals surface area (Å²) < 4.78 is 69.4. The van der Waals surface area contributed by atoms with Gasteiger partial charge in [0.15, 0.2) is 5.60 Å². The van der Waals surface area contributed by atoms with Gasteiger partial charge in [-0.05, 0) is 74.0 Å². The summed E-state index contributed by atoms with van der Waals surface area (Å²) >= 11 is 0. The number of aryl methyl sites for hydroxylation is 1. The van der Waals surface area contributed by atoms with Gasteiger partial charge in [0.05, 0.1) is 36.7 Å². The Kier molecular flexibility index (Phi) is 5.82. The van der Waals surface area contributed by atoms with Crippen molar-refractivity contribution in [3.63, 3.8) is 0 Å². The summed E-state index contributed by atoms with van der Waals surface area (Å²) in [5, 5.41) is 17.6. The van der Waals surface area contributed by atoms with E-state index < -0.39 is 36.2 Å². The summed E-state index contributed by atoms with van der Waals surface area (Å²) in [6.45, 7) is 2.79. The van der Waals surface area contributed by atoms with Gasteiger partial charge in [0.2, 0.25) is 0 Å². The molecule has 2 heterocycles. The molecule has 0 bridgehead atoms. The SMILES string of the molecule is COc1ccc(F)cc1C1(C)CC(CNc2cc(C)cc3c2cnn3-c2ccc(O)cc2)(C(F)(F)F)O1. The third kappa shape index (κ3) is 4.25. The molecule has 4 aromatic rings. The number of phenols is 1. The summed E-state index contributed by atoms with van der Waals surface area (Å²) in [4.78, 5) is 0. The molecule has 2 unspecified atom stereocenters. The van der Waals surface area contributed by atoms with Crippen molar-refractivity contribution in [2.75, 3.05) is 19.0 Å². The molecule has 1 aliphatic heterocycles. The summed E-state index contributed by atoms with van der Waals surface area (Å²) in [6, 6.07) is 13.8. The molecule has 0 spiro atoms. The fourth-order valence-electron chi connectivity index (χ4n) is 5.02. The lowest BCUT2D eigenvalue weighted by molar-refractivity contribution is -0.380. The lowest BCUT2D eigenvalue weighted by Gasteiger charge is -2.55. The molecule has 3 aromatic carbocycles. The Bertz CT molecular complexity index is 1460. The molecule has 1 fully saturated rings. The van der Waals surface area contributed by atoms with Crippen LogP contribution in [0.2, 0.25) is 0 Å². The first kappa shape index (κ1) is 24.9. The highest BCUT2D eigenvalue weighted by Crippen LogP contribution is 2.57. The minimum Gasteiger partial charge on any atom is -0.508 e. The van der Waals surface area contributed by atoms with E-state index >= 15 is 0 Å². The molecule has 37 heavy (non-hydrogen) atoms. The zero-order chi connectivity index (χ0) is 26.6. The maximum Gasteiger partial charge on any atom is 0.419 e. The number of phenolic OH excluding ortho intramolecular Hbond substituents is 1. The van der Waals surface area contributed by atoms with E-state index in [-0.39, 0.29) is 17.1 Å². The number of anilines is 1. The Labute approximate surface area is 210 Å². The monoisotopic (exact) mass is 515 g/mol. The fourth-order valence-corrected chi connectivity index (χ4v) is 5.02. The second-order valence-electron chi connectivity index (χ2n) is 9.52. The van der Waals surface area contributed by atoms with E-state index in [0.29, 0.717) is 22.3 Å². The van der Waals surface area contributed by atoms with Crippen LogP contribution >= 0.6 is 0 Å². The predicted octanol–water partition coefficient (Wildman–Crippen LogP) is 6.24. The lowest BCUT2D eigenvalue weighted by Crippen LogP contribution is -2.67. The fraction of sp³-hybridized carbons (Fsp3) is 0.296. The molecule has 2 N–H and O–H groups in total. The van der Waals surface area contributed by atoms with Crippen LogP contribution in [0.3, 0.4) is 0 Å². The molecule has 2 atom stereocenters. The van der Waals surface area contributed by atoms with Crippen LogP contribution in [-0.2, 0) is 10.3 Å². The van der Waals surface area contributed by atoms with Gasteiger partial charge in [-0.2, -0.15) is 18.3 Å². The number of hydrogen-bond donors (Lipinski definition) is 2. The average Bonchev–Trinajstić information content (AvgIpc) is 3.24. The van der Waals surface area contributed by atoms with E-state index in [0.717, 1.165) is 11.6 Å². The van der Waals surface area contributed by atoms with E-state index in [1.807, 2.05) is 13.0 Å². The molecule has 5 rings (SSSR count). The van der Waals surface area contributed by atoms with Crippen molar-refractivity contribution in [2.45, 2.75) is 37.6 Å². The van der Waals surface area contributed by atoms with Gasteiger partial charge in [-0.3, -0.25) is 0 Å². The molecule has 10 heteroatoms. The lowest BCUT2D eigenvalue weighted by atomic mass is 9.75. The molecule has 6 nitrogen and oxygen atoms in total. The predicted molar refractivity (Wildman–Crippen MR) is 131 cm³/mol. The van der Waals surface area contributed by atoms with Crippen LogP contribution in [0, 0.1) is 12.7 Å². The smallest absolute Gasteiger partial charge is 0.419 e. The van der Waals surface area contributed by atoms with Gasteiger partial charge < -0.3 is 19.9 Å². The van der Waals surface area contributed by atoms with Crippen LogP contribution in [0.4, 0.5) is 23.2 Å². The van der Waals surface area contributed by atoms with Crippen molar-refractivity contribution in [3.8, 4) is 17.2 Å². The number of aromatic hydroxyl groups is 1. The molecule has 1 saturated heterocycles. The number of aromatic nitrogens is 2. The quantitative estimate of drug-likeness (QED) is 0.298. The van der Waals surface area contributed by atoms with Gasteiger partial charge in [0.25, 0.3) is 0 Å². The minimum absolute atomic E-state index is 0.111. The molecule has 0 radical (unpaired) electrons.